The molecule has 0 saturated carbocycles. The Bertz CT molecular complexity index is 1460. The second-order valence-corrected chi connectivity index (χ2v) is 8.70. The summed E-state index contributed by atoms with van der Waals surface area (Å²) < 4.78 is 12.6. The van der Waals surface area contributed by atoms with Gasteiger partial charge in [-0.05, 0) is 37.6 Å². The van der Waals surface area contributed by atoms with Crippen molar-refractivity contribution in [2.75, 3.05) is 19.5 Å². The lowest BCUT2D eigenvalue weighted by Crippen LogP contribution is -2.43. The van der Waals surface area contributed by atoms with E-state index in [0.29, 0.717) is 22.1 Å². The van der Waals surface area contributed by atoms with Crippen molar-refractivity contribution >= 4 is 49.4 Å². The summed E-state index contributed by atoms with van der Waals surface area (Å²) in [6.45, 7) is 3.25. The largest absolute Gasteiger partial charge is 0.493 e. The van der Waals surface area contributed by atoms with Gasteiger partial charge in [-0.15, -0.1) is 0 Å². The quantitative estimate of drug-likeness (QED) is 0.415. The third kappa shape index (κ3) is 4.69. The molecule has 0 aliphatic carbocycles. The van der Waals surface area contributed by atoms with Crippen LogP contribution in [0.25, 0.3) is 21.1 Å². The van der Waals surface area contributed by atoms with E-state index in [4.69, 9.17) is 9.47 Å². The van der Waals surface area contributed by atoms with Crippen LogP contribution in [0.15, 0.2) is 41.5 Å². The third-order valence-electron chi connectivity index (χ3n) is 5.19. The Balaban J connectivity index is 1.44. The number of aromatic nitrogens is 3. The summed E-state index contributed by atoms with van der Waals surface area (Å²) in [6.07, 6.45) is 1.28. The standard InChI is InChI=1S/C23H23N5O5S/c1-12-5-6-15-19(7-12)34-23(26-15)27-21(30)13(2)25-20(29)10-28-11-24-16-9-18(33-4)17(32-3)8-14(16)22(28)31/h5-9,11,13H,10H2,1-4H3,(H,25,29)(H,26,27,30)/t13-/m1/s1. The molecule has 2 heterocycles. The van der Waals surface area contributed by atoms with Crippen LogP contribution in [0.2, 0.25) is 0 Å². The molecule has 2 amide bonds. The number of amides is 2. The Morgan fingerprint density at radius 2 is 1.85 bits per heavy atom. The Labute approximate surface area is 198 Å². The molecule has 34 heavy (non-hydrogen) atoms. The minimum absolute atomic E-state index is 0.282. The number of rotatable bonds is 7. The van der Waals surface area contributed by atoms with Crippen molar-refractivity contribution in [2.24, 2.45) is 0 Å². The van der Waals surface area contributed by atoms with Gasteiger partial charge < -0.3 is 20.1 Å². The lowest BCUT2D eigenvalue weighted by molar-refractivity contribution is -0.126. The molecular formula is C23H23N5O5S. The number of aryl methyl sites for hydroxylation is 1. The van der Waals surface area contributed by atoms with Crippen LogP contribution in [0.1, 0.15) is 12.5 Å². The zero-order valence-corrected chi connectivity index (χ0v) is 19.9. The molecule has 0 aliphatic rings. The van der Waals surface area contributed by atoms with Crippen LogP contribution < -0.4 is 25.7 Å². The molecule has 0 saturated heterocycles. The van der Waals surface area contributed by atoms with Gasteiger partial charge in [-0.2, -0.15) is 0 Å². The molecule has 4 aromatic rings. The van der Waals surface area contributed by atoms with Crippen LogP contribution in [0.3, 0.4) is 0 Å². The van der Waals surface area contributed by atoms with E-state index in [2.05, 4.69) is 20.6 Å². The van der Waals surface area contributed by atoms with E-state index >= 15 is 0 Å². The Morgan fingerprint density at radius 1 is 1.12 bits per heavy atom. The van der Waals surface area contributed by atoms with Crippen molar-refractivity contribution in [1.82, 2.24) is 19.9 Å². The van der Waals surface area contributed by atoms with Gasteiger partial charge in [0.05, 0.1) is 41.7 Å². The Kier molecular flexibility index (Phi) is 6.46. The van der Waals surface area contributed by atoms with Crippen molar-refractivity contribution in [2.45, 2.75) is 26.4 Å². The molecule has 0 spiro atoms. The van der Waals surface area contributed by atoms with E-state index < -0.39 is 23.4 Å². The maximum absolute atomic E-state index is 12.9. The van der Waals surface area contributed by atoms with E-state index in [1.165, 1.54) is 42.5 Å². The normalized spacial score (nSPS) is 11.9. The summed E-state index contributed by atoms with van der Waals surface area (Å²) in [6, 6.07) is 8.11. The SMILES string of the molecule is COc1cc2ncn(CC(=O)N[C@H](C)C(=O)Nc3nc4ccc(C)cc4s3)c(=O)c2cc1OC. The molecule has 0 unspecified atom stereocenters. The van der Waals surface area contributed by atoms with Crippen molar-refractivity contribution in [3.63, 3.8) is 0 Å². The molecule has 176 valence electrons. The highest BCUT2D eigenvalue weighted by Crippen LogP contribution is 2.30. The summed E-state index contributed by atoms with van der Waals surface area (Å²) >= 11 is 1.36. The van der Waals surface area contributed by atoms with E-state index in [1.54, 1.807) is 13.0 Å². The van der Waals surface area contributed by atoms with Gasteiger partial charge in [0.1, 0.15) is 12.6 Å². The number of anilines is 1. The van der Waals surface area contributed by atoms with Crippen LogP contribution in [0, 0.1) is 6.92 Å². The summed E-state index contributed by atoms with van der Waals surface area (Å²) in [7, 11) is 2.96. The number of thiazole rings is 1. The Hall–Kier alpha value is -3.99. The van der Waals surface area contributed by atoms with Gasteiger partial charge in [0.15, 0.2) is 16.6 Å². The monoisotopic (exact) mass is 481 g/mol. The van der Waals surface area contributed by atoms with Crippen LogP contribution in [0.5, 0.6) is 11.5 Å². The molecule has 0 bridgehead atoms. The second kappa shape index (κ2) is 9.48. The number of nitrogens with zero attached hydrogens (tertiary/aromatic N) is 3. The van der Waals surface area contributed by atoms with Gasteiger partial charge in [0.25, 0.3) is 5.56 Å². The Morgan fingerprint density at radius 3 is 2.59 bits per heavy atom. The van der Waals surface area contributed by atoms with E-state index in [0.717, 1.165) is 15.8 Å². The fourth-order valence-electron chi connectivity index (χ4n) is 3.40. The highest BCUT2D eigenvalue weighted by Gasteiger charge is 2.19. The van der Waals surface area contributed by atoms with Gasteiger partial charge in [-0.1, -0.05) is 17.4 Å². The highest BCUT2D eigenvalue weighted by molar-refractivity contribution is 7.22. The zero-order valence-electron chi connectivity index (χ0n) is 19.0. The number of hydrogen-bond donors (Lipinski definition) is 2. The lowest BCUT2D eigenvalue weighted by Gasteiger charge is -2.14. The predicted molar refractivity (Wildman–Crippen MR) is 130 cm³/mol. The average molecular weight is 482 g/mol. The number of benzene rings is 2. The molecule has 2 N–H and O–H groups in total. The van der Waals surface area contributed by atoms with Crippen molar-refractivity contribution in [3.05, 3.63) is 52.6 Å². The van der Waals surface area contributed by atoms with Crippen LogP contribution in [-0.4, -0.2) is 46.6 Å². The summed E-state index contributed by atoms with van der Waals surface area (Å²) in [4.78, 5) is 46.6. The van der Waals surface area contributed by atoms with Crippen molar-refractivity contribution < 1.29 is 19.1 Å². The van der Waals surface area contributed by atoms with Gasteiger partial charge in [-0.25, -0.2) is 9.97 Å². The molecule has 1 atom stereocenters. The highest BCUT2D eigenvalue weighted by atomic mass is 32.1. The first-order valence-corrected chi connectivity index (χ1v) is 11.2. The molecule has 0 radical (unpaired) electrons. The number of fused-ring (bicyclic) bond motifs is 2. The van der Waals surface area contributed by atoms with Gasteiger partial charge in [0, 0.05) is 6.07 Å². The van der Waals surface area contributed by atoms with Crippen molar-refractivity contribution in [3.8, 4) is 11.5 Å². The number of methoxy groups -OCH3 is 2. The molecule has 10 nitrogen and oxygen atoms in total. The third-order valence-corrected chi connectivity index (χ3v) is 6.12. The second-order valence-electron chi connectivity index (χ2n) is 7.67. The number of carbonyl (C=O) groups is 2. The topological polar surface area (TPSA) is 124 Å². The van der Waals surface area contributed by atoms with Crippen LogP contribution in [-0.2, 0) is 16.1 Å². The number of nitrogens with one attached hydrogen (secondary N) is 2. The lowest BCUT2D eigenvalue weighted by atomic mass is 10.2. The molecule has 11 heteroatoms. The smallest absolute Gasteiger partial charge is 0.261 e. The zero-order chi connectivity index (χ0) is 24.4. The minimum Gasteiger partial charge on any atom is -0.493 e. The summed E-state index contributed by atoms with van der Waals surface area (Å²) in [5, 5.41) is 6.06. The van der Waals surface area contributed by atoms with Gasteiger partial charge >= 0.3 is 0 Å². The maximum Gasteiger partial charge on any atom is 0.261 e. The predicted octanol–water partition coefficient (Wildman–Crippen LogP) is 2.48. The fourth-order valence-corrected chi connectivity index (χ4v) is 4.37. The summed E-state index contributed by atoms with van der Waals surface area (Å²) in [5.41, 5.74) is 1.90. The van der Waals surface area contributed by atoms with E-state index in [9.17, 15) is 14.4 Å². The average Bonchev–Trinajstić information content (AvgIpc) is 3.21. The molecule has 0 fully saturated rings. The fraction of sp³-hybridized carbons (Fsp3) is 0.261. The molecule has 4 rings (SSSR count). The summed E-state index contributed by atoms with van der Waals surface area (Å²) in [5.74, 6) is -0.0943. The maximum atomic E-state index is 12.9. The number of hydrogen-bond acceptors (Lipinski definition) is 8. The van der Waals surface area contributed by atoms with E-state index in [-0.39, 0.29) is 11.9 Å². The van der Waals surface area contributed by atoms with Crippen LogP contribution in [0.4, 0.5) is 5.13 Å². The number of ether oxygens (including phenoxy) is 2. The molecular weight excluding hydrogens is 458 g/mol. The number of carbonyl (C=O) groups excluding carboxylic acids is 2. The van der Waals surface area contributed by atoms with E-state index in [1.807, 2.05) is 25.1 Å². The van der Waals surface area contributed by atoms with Gasteiger partial charge in [0.2, 0.25) is 11.8 Å². The first-order valence-electron chi connectivity index (χ1n) is 10.4. The van der Waals surface area contributed by atoms with Gasteiger partial charge in [-0.3, -0.25) is 19.0 Å². The van der Waals surface area contributed by atoms with Crippen molar-refractivity contribution in [1.29, 1.82) is 0 Å². The van der Waals surface area contributed by atoms with Crippen LogP contribution >= 0.6 is 11.3 Å². The molecule has 2 aromatic heterocycles. The first kappa shape index (κ1) is 23.2. The molecule has 2 aromatic carbocycles. The minimum atomic E-state index is -0.838. The molecule has 0 aliphatic heterocycles. The first-order chi connectivity index (χ1) is 16.3.